The minimum Gasteiger partial charge on any atom is -0.0991 e. The first-order chi connectivity index (χ1) is 13.4. The average Bonchev–Trinajstić information content (AvgIpc) is 2.88. The molecule has 1 aliphatic carbocycles. The molecule has 0 heterocycles. The molecule has 0 unspecified atom stereocenters. The summed E-state index contributed by atoms with van der Waals surface area (Å²) in [6.45, 7) is 21.0. The predicted octanol–water partition coefficient (Wildman–Crippen LogP) is 8.76. The highest BCUT2D eigenvalue weighted by atomic mass is 14.3. The van der Waals surface area contributed by atoms with Gasteiger partial charge in [-0.05, 0) is 86.3 Å². The molecule has 0 spiro atoms. The highest BCUT2D eigenvalue weighted by Gasteiger charge is 2.21. The number of hydrogen-bond acceptors (Lipinski definition) is 0. The third kappa shape index (κ3) is 6.09. The maximum atomic E-state index is 4.22. The van der Waals surface area contributed by atoms with E-state index in [1.807, 2.05) is 12.2 Å². The van der Waals surface area contributed by atoms with Crippen molar-refractivity contribution >= 4 is 0 Å². The molecule has 0 aliphatic heterocycles. The third-order valence-corrected chi connectivity index (χ3v) is 5.32. The molecule has 0 bridgehead atoms. The molecular weight excluding hydrogens is 336 g/mol. The Labute approximate surface area is 173 Å². The van der Waals surface area contributed by atoms with Crippen molar-refractivity contribution < 1.29 is 0 Å². The highest BCUT2D eigenvalue weighted by Crippen LogP contribution is 2.40. The molecule has 0 nitrogen and oxygen atoms in total. The smallest absolute Gasteiger partial charge is 0.00774 e. The lowest BCUT2D eigenvalue weighted by Gasteiger charge is -2.19. The van der Waals surface area contributed by atoms with Crippen LogP contribution >= 0.6 is 0 Å². The van der Waals surface area contributed by atoms with Gasteiger partial charge in [0.1, 0.15) is 0 Å². The Bertz CT molecular complexity index is 780. The molecule has 0 amide bonds. The largest absolute Gasteiger partial charge is 0.0991 e. The van der Waals surface area contributed by atoms with Crippen molar-refractivity contribution in [3.63, 3.8) is 0 Å². The Hall–Kier alpha value is -2.34. The molecule has 1 aliphatic rings. The molecule has 0 N–H and O–H groups in total. The van der Waals surface area contributed by atoms with E-state index < -0.39 is 0 Å². The summed E-state index contributed by atoms with van der Waals surface area (Å²) < 4.78 is 0. The summed E-state index contributed by atoms with van der Waals surface area (Å²) in [5.41, 5.74) is 9.25. The van der Waals surface area contributed by atoms with Crippen LogP contribution in [0.5, 0.6) is 0 Å². The van der Waals surface area contributed by atoms with E-state index in [1.165, 1.54) is 33.4 Å². The zero-order chi connectivity index (χ0) is 21.1. The van der Waals surface area contributed by atoms with Gasteiger partial charge in [0, 0.05) is 0 Å². The minimum atomic E-state index is 0.450. The molecule has 0 aromatic rings. The summed E-state index contributed by atoms with van der Waals surface area (Å²) in [7, 11) is 0. The Balaban J connectivity index is 3.74. The van der Waals surface area contributed by atoms with E-state index in [0.717, 1.165) is 24.8 Å². The Morgan fingerprint density at radius 3 is 2.07 bits per heavy atom. The van der Waals surface area contributed by atoms with Gasteiger partial charge in [-0.2, -0.15) is 0 Å². The fourth-order valence-corrected chi connectivity index (χ4v) is 3.54. The van der Waals surface area contributed by atoms with E-state index in [4.69, 9.17) is 0 Å². The molecule has 0 saturated heterocycles. The molecule has 0 aromatic heterocycles. The molecule has 0 atom stereocenters. The fourth-order valence-electron chi connectivity index (χ4n) is 3.54. The van der Waals surface area contributed by atoms with Gasteiger partial charge in [0.15, 0.2) is 0 Å². The Morgan fingerprint density at radius 2 is 1.57 bits per heavy atom. The topological polar surface area (TPSA) is 0 Å². The van der Waals surface area contributed by atoms with Gasteiger partial charge in [-0.15, -0.1) is 0 Å². The summed E-state index contributed by atoms with van der Waals surface area (Å²) in [5, 5.41) is 0. The summed E-state index contributed by atoms with van der Waals surface area (Å²) in [6, 6.07) is 0. The molecule has 0 saturated carbocycles. The summed E-state index contributed by atoms with van der Waals surface area (Å²) in [5.74, 6) is 0.450. The lowest BCUT2D eigenvalue weighted by atomic mass is 9.85. The second-order valence-corrected chi connectivity index (χ2v) is 7.37. The van der Waals surface area contributed by atoms with Crippen molar-refractivity contribution in [3.05, 3.63) is 107 Å². The van der Waals surface area contributed by atoms with E-state index in [2.05, 4.69) is 97.2 Å². The summed E-state index contributed by atoms with van der Waals surface area (Å²) in [6.07, 6.45) is 22.8. The maximum absolute atomic E-state index is 4.22. The summed E-state index contributed by atoms with van der Waals surface area (Å²) in [4.78, 5) is 0. The van der Waals surface area contributed by atoms with Crippen molar-refractivity contribution in [2.75, 3.05) is 0 Å². The van der Waals surface area contributed by atoms with E-state index in [0.29, 0.717) is 5.92 Å². The van der Waals surface area contributed by atoms with Gasteiger partial charge >= 0.3 is 0 Å². The Morgan fingerprint density at radius 1 is 0.893 bits per heavy atom. The van der Waals surface area contributed by atoms with Gasteiger partial charge in [-0.25, -0.2) is 0 Å². The van der Waals surface area contributed by atoms with Crippen LogP contribution in [0.1, 0.15) is 60.8 Å². The van der Waals surface area contributed by atoms with E-state index >= 15 is 0 Å². The second-order valence-electron chi connectivity index (χ2n) is 7.37. The monoisotopic (exact) mass is 374 g/mol. The normalized spacial score (nSPS) is 20.1. The molecule has 0 aromatic carbocycles. The molecule has 0 radical (unpaired) electrons. The lowest BCUT2D eigenvalue weighted by Crippen LogP contribution is -2.01. The van der Waals surface area contributed by atoms with E-state index in [9.17, 15) is 0 Å². The maximum Gasteiger partial charge on any atom is -0.00774 e. The van der Waals surface area contributed by atoms with Crippen LogP contribution in [0.4, 0.5) is 0 Å². The van der Waals surface area contributed by atoms with Crippen LogP contribution in [-0.4, -0.2) is 0 Å². The van der Waals surface area contributed by atoms with Crippen LogP contribution in [0, 0.1) is 5.92 Å². The van der Waals surface area contributed by atoms with Crippen LogP contribution in [0.2, 0.25) is 0 Å². The average molecular weight is 375 g/mol. The van der Waals surface area contributed by atoms with Gasteiger partial charge in [0.25, 0.3) is 0 Å². The first kappa shape index (κ1) is 23.7. The zero-order valence-corrected chi connectivity index (χ0v) is 18.8. The van der Waals surface area contributed by atoms with Gasteiger partial charge < -0.3 is 0 Å². The van der Waals surface area contributed by atoms with Crippen molar-refractivity contribution in [2.24, 2.45) is 5.92 Å². The van der Waals surface area contributed by atoms with Crippen molar-refractivity contribution in [1.82, 2.24) is 0 Å². The first-order valence-corrected chi connectivity index (χ1v) is 10.5. The van der Waals surface area contributed by atoms with Gasteiger partial charge in [-0.3, -0.25) is 0 Å². The van der Waals surface area contributed by atoms with Crippen LogP contribution in [0.25, 0.3) is 0 Å². The van der Waals surface area contributed by atoms with Gasteiger partial charge in [0.2, 0.25) is 0 Å². The van der Waals surface area contributed by atoms with Crippen LogP contribution in [-0.2, 0) is 0 Å². The minimum absolute atomic E-state index is 0.450. The fraction of sp³-hybridized carbons (Fsp3) is 0.357. The molecule has 150 valence electrons. The lowest BCUT2D eigenvalue weighted by molar-refractivity contribution is 0.795. The van der Waals surface area contributed by atoms with E-state index in [-0.39, 0.29) is 0 Å². The standard InChI is InChI=1S/C28H38/c1-9-14-16-24(11-3)27-18-15-17-23(10-2)26(13-5)28(27)25(12-4)20-19-22(8)21(6)7/h9-14,16,19-21H,1,8,15,17-18H2,2-7H3/b16-14-,20-19-,23-10-,24-11+,25-12+,26-13+. The van der Waals surface area contributed by atoms with Crippen LogP contribution < -0.4 is 0 Å². The van der Waals surface area contributed by atoms with Crippen molar-refractivity contribution in [2.45, 2.75) is 60.8 Å². The Kier molecular flexibility index (Phi) is 10.3. The van der Waals surface area contributed by atoms with Crippen molar-refractivity contribution in [1.29, 1.82) is 0 Å². The molecule has 1 rings (SSSR count). The summed E-state index contributed by atoms with van der Waals surface area (Å²) >= 11 is 0. The van der Waals surface area contributed by atoms with Crippen LogP contribution in [0.15, 0.2) is 107 Å². The number of hydrogen-bond donors (Lipinski definition) is 0. The first-order valence-electron chi connectivity index (χ1n) is 10.5. The predicted molar refractivity (Wildman–Crippen MR) is 128 cm³/mol. The molecule has 28 heavy (non-hydrogen) atoms. The van der Waals surface area contributed by atoms with E-state index in [1.54, 1.807) is 0 Å². The molecule has 0 heteroatoms. The van der Waals surface area contributed by atoms with Crippen molar-refractivity contribution in [3.8, 4) is 0 Å². The van der Waals surface area contributed by atoms with Gasteiger partial charge in [0.05, 0.1) is 0 Å². The zero-order valence-electron chi connectivity index (χ0n) is 18.8. The molecular formula is C28H38. The second kappa shape index (κ2) is 12.2. The number of rotatable bonds is 7. The van der Waals surface area contributed by atoms with Gasteiger partial charge in [-0.1, -0.05) is 87.3 Å². The SMILES string of the molecule is C=C/C=C\C(=C/C)C1=C(C(/C=C\C(=C)C(C)C)=C/C)C(=C/C)/C(=C\C)CCC1. The molecule has 0 fully saturated rings. The third-order valence-electron chi connectivity index (χ3n) is 5.32. The quantitative estimate of drug-likeness (QED) is 0.391. The number of allylic oxidation sites excluding steroid dienone is 16. The van der Waals surface area contributed by atoms with Crippen LogP contribution in [0.3, 0.4) is 0 Å². The highest BCUT2D eigenvalue weighted by molar-refractivity contribution is 5.66.